The van der Waals surface area contributed by atoms with E-state index in [0.717, 1.165) is 28.6 Å². The molecule has 0 fully saturated rings. The maximum atomic E-state index is 13.0. The zero-order chi connectivity index (χ0) is 18.5. The highest BCUT2D eigenvalue weighted by atomic mass is 79.9. The minimum atomic E-state index is -0.165. The Morgan fingerprint density at radius 2 is 2.12 bits per heavy atom. The van der Waals surface area contributed by atoms with E-state index in [1.165, 1.54) is 4.68 Å². The molecular weight excluding hydrogens is 394 g/mol. The van der Waals surface area contributed by atoms with E-state index in [0.29, 0.717) is 23.1 Å². The molecule has 0 saturated heterocycles. The van der Waals surface area contributed by atoms with Crippen LogP contribution in [-0.2, 0) is 6.42 Å². The predicted octanol–water partition coefficient (Wildman–Crippen LogP) is 4.39. The van der Waals surface area contributed by atoms with E-state index < -0.39 is 0 Å². The Balaban J connectivity index is 2.10. The average Bonchev–Trinajstić information content (AvgIpc) is 2.66. The summed E-state index contributed by atoms with van der Waals surface area (Å²) >= 11 is 3.41. The molecule has 5 nitrogen and oxygen atoms in total. The Hall–Kier alpha value is -2.47. The number of aromatic nitrogens is 2. The van der Waals surface area contributed by atoms with Crippen molar-refractivity contribution >= 4 is 33.0 Å². The summed E-state index contributed by atoms with van der Waals surface area (Å²) in [6.45, 7) is 2.11. The topological polar surface area (TPSA) is 56.5 Å². The monoisotopic (exact) mass is 413 g/mol. The second kappa shape index (κ2) is 8.27. The van der Waals surface area contributed by atoms with Crippen LogP contribution in [0.4, 0.5) is 0 Å². The second-order valence-corrected chi connectivity index (χ2v) is 6.85. The first kappa shape index (κ1) is 18.3. The van der Waals surface area contributed by atoms with Crippen molar-refractivity contribution in [1.29, 1.82) is 0 Å². The number of methoxy groups -OCH3 is 1. The van der Waals surface area contributed by atoms with Gasteiger partial charge in [-0.15, -0.1) is 0 Å². The van der Waals surface area contributed by atoms with E-state index in [-0.39, 0.29) is 5.56 Å². The van der Waals surface area contributed by atoms with Crippen molar-refractivity contribution in [3.63, 3.8) is 0 Å². The SMILES string of the molecule is CCCCc1nc2ccc(Br)cc2c(=O)n1N=Cc1cccc(OC)c1. The normalized spacial score (nSPS) is 11.3. The van der Waals surface area contributed by atoms with Gasteiger partial charge in [0.1, 0.15) is 11.6 Å². The van der Waals surface area contributed by atoms with Crippen LogP contribution in [0.5, 0.6) is 5.75 Å². The number of benzene rings is 2. The Morgan fingerprint density at radius 1 is 1.27 bits per heavy atom. The van der Waals surface area contributed by atoms with Crippen LogP contribution in [0.1, 0.15) is 31.2 Å². The zero-order valence-electron chi connectivity index (χ0n) is 14.8. The summed E-state index contributed by atoms with van der Waals surface area (Å²) in [5.74, 6) is 1.42. The highest BCUT2D eigenvalue weighted by Gasteiger charge is 2.10. The lowest BCUT2D eigenvalue weighted by Gasteiger charge is -2.09. The van der Waals surface area contributed by atoms with Crippen LogP contribution in [0.15, 0.2) is 56.8 Å². The average molecular weight is 414 g/mol. The molecule has 1 aromatic heterocycles. The molecule has 1 heterocycles. The first-order valence-corrected chi connectivity index (χ1v) is 9.31. The summed E-state index contributed by atoms with van der Waals surface area (Å²) in [5.41, 5.74) is 1.38. The van der Waals surface area contributed by atoms with Crippen molar-refractivity contribution in [3.8, 4) is 5.75 Å². The molecule has 0 radical (unpaired) electrons. The number of fused-ring (bicyclic) bond motifs is 1. The molecule has 0 aliphatic heterocycles. The number of ether oxygens (including phenoxy) is 1. The largest absolute Gasteiger partial charge is 0.497 e. The Labute approximate surface area is 160 Å². The van der Waals surface area contributed by atoms with E-state index in [9.17, 15) is 4.79 Å². The van der Waals surface area contributed by atoms with Gasteiger partial charge in [0.2, 0.25) is 0 Å². The van der Waals surface area contributed by atoms with Crippen LogP contribution >= 0.6 is 15.9 Å². The maximum Gasteiger partial charge on any atom is 0.282 e. The fourth-order valence-corrected chi connectivity index (χ4v) is 3.02. The lowest BCUT2D eigenvalue weighted by atomic mass is 10.2. The van der Waals surface area contributed by atoms with Crippen molar-refractivity contribution < 1.29 is 4.74 Å². The van der Waals surface area contributed by atoms with Crippen molar-refractivity contribution in [2.24, 2.45) is 5.10 Å². The molecule has 0 N–H and O–H groups in total. The van der Waals surface area contributed by atoms with Crippen molar-refractivity contribution in [2.45, 2.75) is 26.2 Å². The van der Waals surface area contributed by atoms with E-state index in [4.69, 9.17) is 4.74 Å². The van der Waals surface area contributed by atoms with Crippen LogP contribution in [0.25, 0.3) is 10.9 Å². The van der Waals surface area contributed by atoms with Gasteiger partial charge in [0.05, 0.1) is 24.2 Å². The van der Waals surface area contributed by atoms with Crippen LogP contribution < -0.4 is 10.3 Å². The number of hydrogen-bond donors (Lipinski definition) is 0. The van der Waals surface area contributed by atoms with Gasteiger partial charge in [-0.3, -0.25) is 4.79 Å². The van der Waals surface area contributed by atoms with E-state index >= 15 is 0 Å². The summed E-state index contributed by atoms with van der Waals surface area (Å²) in [4.78, 5) is 17.6. The summed E-state index contributed by atoms with van der Waals surface area (Å²) in [6.07, 6.45) is 4.33. The fourth-order valence-electron chi connectivity index (χ4n) is 2.66. The Morgan fingerprint density at radius 3 is 2.88 bits per heavy atom. The summed E-state index contributed by atoms with van der Waals surface area (Å²) < 4.78 is 7.48. The van der Waals surface area contributed by atoms with Crippen molar-refractivity contribution in [2.75, 3.05) is 7.11 Å². The van der Waals surface area contributed by atoms with Crippen molar-refractivity contribution in [3.05, 3.63) is 68.7 Å². The molecule has 0 saturated carbocycles. The molecule has 0 atom stereocenters. The molecule has 0 unspecified atom stereocenters. The van der Waals surface area contributed by atoms with Crippen molar-refractivity contribution in [1.82, 2.24) is 9.66 Å². The molecule has 26 heavy (non-hydrogen) atoms. The van der Waals surface area contributed by atoms with Gasteiger partial charge in [0, 0.05) is 10.9 Å². The van der Waals surface area contributed by atoms with Crippen LogP contribution in [-0.4, -0.2) is 23.0 Å². The summed E-state index contributed by atoms with van der Waals surface area (Å²) in [7, 11) is 1.62. The molecule has 0 bridgehead atoms. The van der Waals surface area contributed by atoms with E-state index in [1.54, 1.807) is 19.4 Å². The van der Waals surface area contributed by atoms with Gasteiger partial charge in [-0.25, -0.2) is 4.98 Å². The summed E-state index contributed by atoms with van der Waals surface area (Å²) in [6, 6.07) is 13.1. The van der Waals surface area contributed by atoms with Gasteiger partial charge in [0.15, 0.2) is 0 Å². The molecule has 3 rings (SSSR count). The van der Waals surface area contributed by atoms with Gasteiger partial charge in [-0.05, 0) is 42.3 Å². The van der Waals surface area contributed by atoms with Gasteiger partial charge in [-0.1, -0.05) is 41.4 Å². The maximum absolute atomic E-state index is 13.0. The minimum Gasteiger partial charge on any atom is -0.497 e. The Kier molecular flexibility index (Phi) is 5.83. The predicted molar refractivity (Wildman–Crippen MR) is 108 cm³/mol. The van der Waals surface area contributed by atoms with Crippen LogP contribution in [0.2, 0.25) is 0 Å². The van der Waals surface area contributed by atoms with E-state index in [1.807, 2.05) is 36.4 Å². The van der Waals surface area contributed by atoms with Crippen LogP contribution in [0, 0.1) is 0 Å². The molecule has 2 aromatic carbocycles. The molecule has 0 spiro atoms. The first-order valence-electron chi connectivity index (χ1n) is 8.52. The molecule has 0 aliphatic carbocycles. The fraction of sp³-hybridized carbons (Fsp3) is 0.250. The highest BCUT2D eigenvalue weighted by Crippen LogP contribution is 2.17. The molecule has 0 aliphatic rings. The number of aryl methyl sites for hydroxylation is 1. The minimum absolute atomic E-state index is 0.165. The highest BCUT2D eigenvalue weighted by molar-refractivity contribution is 9.10. The number of nitrogens with zero attached hydrogens (tertiary/aromatic N) is 3. The van der Waals surface area contributed by atoms with Gasteiger partial charge < -0.3 is 4.74 Å². The number of halogens is 1. The molecule has 6 heteroatoms. The number of rotatable bonds is 6. The second-order valence-electron chi connectivity index (χ2n) is 5.93. The first-order chi connectivity index (χ1) is 12.6. The van der Waals surface area contributed by atoms with Gasteiger partial charge >= 0.3 is 0 Å². The number of unbranched alkanes of at least 4 members (excludes halogenated alkanes) is 1. The third kappa shape index (κ3) is 4.02. The number of hydrogen-bond acceptors (Lipinski definition) is 4. The molecule has 134 valence electrons. The molecule has 3 aromatic rings. The third-order valence-corrected chi connectivity index (χ3v) is 4.54. The quantitative estimate of drug-likeness (QED) is 0.562. The van der Waals surface area contributed by atoms with Gasteiger partial charge in [0.25, 0.3) is 5.56 Å². The molecular formula is C20H20BrN3O2. The molecule has 0 amide bonds. The standard InChI is InChI=1S/C20H20BrN3O2/c1-3-4-8-19-23-18-10-9-15(21)12-17(18)20(25)24(19)22-13-14-6-5-7-16(11-14)26-2/h5-7,9-13H,3-4,8H2,1-2H3. The lowest BCUT2D eigenvalue weighted by Crippen LogP contribution is -2.22. The summed E-state index contributed by atoms with van der Waals surface area (Å²) in [5, 5.41) is 4.97. The third-order valence-electron chi connectivity index (χ3n) is 4.05. The smallest absolute Gasteiger partial charge is 0.282 e. The van der Waals surface area contributed by atoms with Crippen LogP contribution in [0.3, 0.4) is 0 Å². The Bertz CT molecular complexity index is 1010. The van der Waals surface area contributed by atoms with Gasteiger partial charge in [-0.2, -0.15) is 9.78 Å². The van der Waals surface area contributed by atoms with E-state index in [2.05, 4.69) is 32.9 Å². The lowest BCUT2D eigenvalue weighted by molar-refractivity contribution is 0.414. The zero-order valence-corrected chi connectivity index (χ0v) is 16.4.